The second kappa shape index (κ2) is 5.23. The summed E-state index contributed by atoms with van der Waals surface area (Å²) in [6.07, 6.45) is 9.68. The number of allylic oxidation sites excluding steroid dienone is 3. The van der Waals surface area contributed by atoms with Crippen molar-refractivity contribution in [2.75, 3.05) is 0 Å². The van der Waals surface area contributed by atoms with Gasteiger partial charge in [0.15, 0.2) is 0 Å². The summed E-state index contributed by atoms with van der Waals surface area (Å²) < 4.78 is 0. The number of rotatable bonds is 3. The van der Waals surface area contributed by atoms with Crippen molar-refractivity contribution in [3.8, 4) is 0 Å². The van der Waals surface area contributed by atoms with Crippen molar-refractivity contribution in [2.24, 2.45) is 0 Å². The van der Waals surface area contributed by atoms with E-state index in [4.69, 9.17) is 0 Å². The van der Waals surface area contributed by atoms with Crippen molar-refractivity contribution in [1.82, 2.24) is 0 Å². The van der Waals surface area contributed by atoms with Crippen LogP contribution in [-0.4, -0.2) is 11.2 Å². The van der Waals surface area contributed by atoms with E-state index in [1.165, 1.54) is 17.6 Å². The molecule has 0 saturated carbocycles. The molecule has 0 aromatic heterocycles. The summed E-state index contributed by atoms with van der Waals surface area (Å²) in [4.78, 5) is 0. The lowest BCUT2D eigenvalue weighted by molar-refractivity contribution is 0.162. The van der Waals surface area contributed by atoms with Crippen molar-refractivity contribution in [1.29, 1.82) is 0 Å². The molecule has 1 heteroatoms. The average Bonchev–Trinajstić information content (AvgIpc) is 2.08. The Balaban J connectivity index is 2.26. The van der Waals surface area contributed by atoms with Crippen LogP contribution in [0.5, 0.6) is 0 Å². The molecule has 0 aromatic carbocycles. The fraction of sp³-hybridized carbons (Fsp3) is 0.667. The standard InChI is InChI=1S/C12H20O/c1-10(2)4-3-5-11-6-8-12(13)9-7-11/h4,6,12-13H,3,5,7-9H2,1-2H3. The van der Waals surface area contributed by atoms with Crippen LogP contribution < -0.4 is 0 Å². The zero-order valence-electron chi connectivity index (χ0n) is 8.71. The number of hydrogen-bond donors (Lipinski definition) is 1. The molecule has 1 aliphatic rings. The van der Waals surface area contributed by atoms with Gasteiger partial charge in [0, 0.05) is 0 Å². The Labute approximate surface area is 81.2 Å². The number of hydrogen-bond acceptors (Lipinski definition) is 1. The molecule has 1 nitrogen and oxygen atoms in total. The molecule has 0 heterocycles. The summed E-state index contributed by atoms with van der Waals surface area (Å²) in [7, 11) is 0. The van der Waals surface area contributed by atoms with E-state index in [0.29, 0.717) is 0 Å². The molecule has 0 aromatic rings. The van der Waals surface area contributed by atoms with Gasteiger partial charge in [-0.05, 0) is 46.0 Å². The van der Waals surface area contributed by atoms with E-state index < -0.39 is 0 Å². The molecule has 0 spiro atoms. The summed E-state index contributed by atoms with van der Waals surface area (Å²) in [5.41, 5.74) is 2.93. The molecular weight excluding hydrogens is 160 g/mol. The minimum absolute atomic E-state index is 0.0767. The van der Waals surface area contributed by atoms with Crippen LogP contribution in [0.15, 0.2) is 23.3 Å². The highest BCUT2D eigenvalue weighted by molar-refractivity contribution is 5.08. The van der Waals surface area contributed by atoms with E-state index >= 15 is 0 Å². The molecule has 1 atom stereocenters. The van der Waals surface area contributed by atoms with Crippen molar-refractivity contribution >= 4 is 0 Å². The van der Waals surface area contributed by atoms with Gasteiger partial charge in [0.1, 0.15) is 0 Å². The maximum atomic E-state index is 9.28. The van der Waals surface area contributed by atoms with Crippen molar-refractivity contribution in [3.63, 3.8) is 0 Å². The summed E-state index contributed by atoms with van der Waals surface area (Å²) in [5, 5.41) is 9.28. The lowest BCUT2D eigenvalue weighted by atomic mass is 9.94. The zero-order valence-corrected chi connectivity index (χ0v) is 8.71. The summed E-state index contributed by atoms with van der Waals surface area (Å²) in [6, 6.07) is 0. The molecule has 1 N–H and O–H groups in total. The van der Waals surface area contributed by atoms with E-state index in [1.807, 2.05) is 0 Å². The van der Waals surface area contributed by atoms with Gasteiger partial charge in [-0.15, -0.1) is 0 Å². The van der Waals surface area contributed by atoms with Gasteiger partial charge >= 0.3 is 0 Å². The molecule has 0 saturated heterocycles. The molecule has 1 rings (SSSR count). The Bertz CT molecular complexity index is 209. The monoisotopic (exact) mass is 180 g/mol. The second-order valence-corrected chi connectivity index (χ2v) is 4.11. The van der Waals surface area contributed by atoms with Crippen LogP contribution >= 0.6 is 0 Å². The highest BCUT2D eigenvalue weighted by atomic mass is 16.3. The minimum atomic E-state index is -0.0767. The third kappa shape index (κ3) is 4.28. The largest absolute Gasteiger partial charge is 0.393 e. The lowest BCUT2D eigenvalue weighted by Crippen LogP contribution is -2.09. The molecular formula is C12H20O. The molecule has 0 radical (unpaired) electrons. The van der Waals surface area contributed by atoms with Gasteiger partial charge in [-0.2, -0.15) is 0 Å². The topological polar surface area (TPSA) is 20.2 Å². The van der Waals surface area contributed by atoms with Crippen LogP contribution in [0.4, 0.5) is 0 Å². The van der Waals surface area contributed by atoms with Crippen LogP contribution in [0.1, 0.15) is 46.0 Å². The fourth-order valence-corrected chi connectivity index (χ4v) is 1.65. The predicted octanol–water partition coefficient (Wildman–Crippen LogP) is 3.20. The highest BCUT2D eigenvalue weighted by Gasteiger charge is 2.10. The molecule has 0 aliphatic heterocycles. The van der Waals surface area contributed by atoms with Gasteiger partial charge < -0.3 is 5.11 Å². The van der Waals surface area contributed by atoms with E-state index in [2.05, 4.69) is 26.0 Å². The quantitative estimate of drug-likeness (QED) is 0.661. The van der Waals surface area contributed by atoms with Crippen LogP contribution in [0.3, 0.4) is 0 Å². The van der Waals surface area contributed by atoms with Gasteiger partial charge in [0.25, 0.3) is 0 Å². The van der Waals surface area contributed by atoms with Gasteiger partial charge in [0.2, 0.25) is 0 Å². The number of aliphatic hydroxyl groups is 1. The third-order valence-electron chi connectivity index (χ3n) is 2.50. The van der Waals surface area contributed by atoms with E-state index in [0.717, 1.165) is 25.7 Å². The average molecular weight is 180 g/mol. The molecule has 74 valence electrons. The van der Waals surface area contributed by atoms with Crippen LogP contribution in [0.25, 0.3) is 0 Å². The first-order valence-electron chi connectivity index (χ1n) is 5.18. The summed E-state index contributed by atoms with van der Waals surface area (Å²) in [6.45, 7) is 4.28. The van der Waals surface area contributed by atoms with Crippen LogP contribution in [-0.2, 0) is 0 Å². The van der Waals surface area contributed by atoms with E-state index in [9.17, 15) is 5.11 Å². The molecule has 1 unspecified atom stereocenters. The molecule has 1 aliphatic carbocycles. The first-order chi connectivity index (χ1) is 6.18. The van der Waals surface area contributed by atoms with Crippen molar-refractivity contribution < 1.29 is 5.11 Å². The van der Waals surface area contributed by atoms with Gasteiger partial charge in [-0.3, -0.25) is 0 Å². The molecule has 13 heavy (non-hydrogen) atoms. The highest BCUT2D eigenvalue weighted by Crippen LogP contribution is 2.22. The van der Waals surface area contributed by atoms with Crippen molar-refractivity contribution in [2.45, 2.75) is 52.1 Å². The maximum absolute atomic E-state index is 9.28. The molecule has 0 fully saturated rings. The Morgan fingerprint density at radius 1 is 1.62 bits per heavy atom. The Kier molecular flexibility index (Phi) is 4.23. The molecule has 0 bridgehead atoms. The zero-order chi connectivity index (χ0) is 9.68. The van der Waals surface area contributed by atoms with Crippen LogP contribution in [0.2, 0.25) is 0 Å². The second-order valence-electron chi connectivity index (χ2n) is 4.11. The third-order valence-corrected chi connectivity index (χ3v) is 2.50. The van der Waals surface area contributed by atoms with Gasteiger partial charge in [0.05, 0.1) is 6.10 Å². The van der Waals surface area contributed by atoms with Gasteiger partial charge in [-0.1, -0.05) is 23.3 Å². The smallest absolute Gasteiger partial charge is 0.0577 e. The summed E-state index contributed by atoms with van der Waals surface area (Å²) in [5.74, 6) is 0. The van der Waals surface area contributed by atoms with Gasteiger partial charge in [-0.25, -0.2) is 0 Å². The Morgan fingerprint density at radius 2 is 2.38 bits per heavy atom. The fourth-order valence-electron chi connectivity index (χ4n) is 1.65. The lowest BCUT2D eigenvalue weighted by Gasteiger charge is -2.16. The predicted molar refractivity (Wildman–Crippen MR) is 56.6 cm³/mol. The van der Waals surface area contributed by atoms with Crippen LogP contribution in [0, 0.1) is 0 Å². The number of aliphatic hydroxyl groups excluding tert-OH is 1. The van der Waals surface area contributed by atoms with Crippen molar-refractivity contribution in [3.05, 3.63) is 23.3 Å². The Hall–Kier alpha value is -0.560. The maximum Gasteiger partial charge on any atom is 0.0577 e. The van der Waals surface area contributed by atoms with E-state index in [1.54, 1.807) is 0 Å². The summed E-state index contributed by atoms with van der Waals surface area (Å²) >= 11 is 0. The first kappa shape index (κ1) is 10.5. The Morgan fingerprint density at radius 3 is 2.92 bits per heavy atom. The molecule has 0 amide bonds. The van der Waals surface area contributed by atoms with E-state index in [-0.39, 0.29) is 6.10 Å². The normalized spacial score (nSPS) is 22.4. The first-order valence-corrected chi connectivity index (χ1v) is 5.18. The minimum Gasteiger partial charge on any atom is -0.393 e. The SMILES string of the molecule is CC(C)=CCCC1=CCC(O)CC1.